The second kappa shape index (κ2) is 4.66. The predicted molar refractivity (Wildman–Crippen MR) is 58.8 cm³/mol. The van der Waals surface area contributed by atoms with Gasteiger partial charge in [-0.1, -0.05) is 18.2 Å². The fourth-order valence-electron chi connectivity index (χ4n) is 1.50. The number of aldehydes is 1. The monoisotopic (exact) mass is 215 g/mol. The van der Waals surface area contributed by atoms with Crippen LogP contribution in [0.1, 0.15) is 21.5 Å². The first-order chi connectivity index (χ1) is 7.79. The van der Waals surface area contributed by atoms with Crippen molar-refractivity contribution in [1.29, 1.82) is 0 Å². The highest BCUT2D eigenvalue weighted by Crippen LogP contribution is 2.13. The van der Waals surface area contributed by atoms with Gasteiger partial charge in [0.15, 0.2) is 0 Å². The van der Waals surface area contributed by atoms with Crippen molar-refractivity contribution in [2.75, 3.05) is 0 Å². The summed E-state index contributed by atoms with van der Waals surface area (Å²) in [6, 6.07) is 8.19. The van der Waals surface area contributed by atoms with Crippen LogP contribution < -0.4 is 0 Å². The molecule has 0 N–H and O–H groups in total. The van der Waals surface area contributed by atoms with E-state index in [1.807, 2.05) is 12.1 Å². The Kier molecular flexibility index (Phi) is 3.05. The van der Waals surface area contributed by atoms with Gasteiger partial charge in [-0.25, -0.2) is 4.39 Å². The minimum atomic E-state index is -0.353. The van der Waals surface area contributed by atoms with Crippen molar-refractivity contribution in [2.24, 2.45) is 0 Å². The van der Waals surface area contributed by atoms with Gasteiger partial charge in [-0.05, 0) is 23.3 Å². The van der Waals surface area contributed by atoms with Gasteiger partial charge in [0.05, 0.1) is 0 Å². The maximum atomic E-state index is 13.5. The molecule has 0 aliphatic heterocycles. The van der Waals surface area contributed by atoms with Gasteiger partial charge in [0, 0.05) is 24.4 Å². The first kappa shape index (κ1) is 10.5. The maximum absolute atomic E-state index is 13.5. The first-order valence-corrected chi connectivity index (χ1v) is 4.92. The van der Waals surface area contributed by atoms with Gasteiger partial charge in [-0.2, -0.15) is 0 Å². The molecular weight excluding hydrogens is 205 g/mol. The van der Waals surface area contributed by atoms with Crippen molar-refractivity contribution < 1.29 is 9.18 Å². The summed E-state index contributed by atoms with van der Waals surface area (Å²) in [4.78, 5) is 14.4. The second-order valence-electron chi connectivity index (χ2n) is 3.51. The molecule has 3 heteroatoms. The lowest BCUT2D eigenvalue weighted by atomic mass is 10.0. The summed E-state index contributed by atoms with van der Waals surface area (Å²) in [6.07, 6.45) is 4.50. The minimum absolute atomic E-state index is 0.353. The molecule has 16 heavy (non-hydrogen) atoms. The second-order valence-corrected chi connectivity index (χ2v) is 3.51. The number of hydrogen-bond acceptors (Lipinski definition) is 2. The number of rotatable bonds is 3. The Labute approximate surface area is 92.8 Å². The highest BCUT2D eigenvalue weighted by Gasteiger charge is 2.04. The molecule has 0 bridgehead atoms. The van der Waals surface area contributed by atoms with E-state index in [0.29, 0.717) is 23.8 Å². The zero-order valence-corrected chi connectivity index (χ0v) is 8.56. The molecule has 0 atom stereocenters. The van der Waals surface area contributed by atoms with Crippen LogP contribution in [0.2, 0.25) is 0 Å². The fourth-order valence-corrected chi connectivity index (χ4v) is 1.50. The van der Waals surface area contributed by atoms with Gasteiger partial charge in [-0.15, -0.1) is 0 Å². The molecule has 1 aromatic carbocycles. The number of pyridine rings is 1. The minimum Gasteiger partial charge on any atom is -0.298 e. The lowest BCUT2D eigenvalue weighted by Crippen LogP contribution is -1.94. The van der Waals surface area contributed by atoms with E-state index in [9.17, 15) is 9.18 Å². The number of benzene rings is 1. The van der Waals surface area contributed by atoms with E-state index >= 15 is 0 Å². The van der Waals surface area contributed by atoms with Crippen LogP contribution in [0, 0.1) is 5.82 Å². The SMILES string of the molecule is O=Cc1ccc(Cc2cccnc2)c(F)c1. The molecule has 2 aromatic rings. The summed E-state index contributed by atoms with van der Waals surface area (Å²) in [5, 5.41) is 0. The van der Waals surface area contributed by atoms with Crippen LogP contribution in [0.5, 0.6) is 0 Å². The lowest BCUT2D eigenvalue weighted by molar-refractivity contribution is 0.112. The molecule has 0 saturated heterocycles. The molecule has 2 nitrogen and oxygen atoms in total. The van der Waals surface area contributed by atoms with E-state index in [1.54, 1.807) is 24.5 Å². The van der Waals surface area contributed by atoms with Crippen LogP contribution in [0.15, 0.2) is 42.7 Å². The van der Waals surface area contributed by atoms with Crippen LogP contribution >= 0.6 is 0 Å². The number of halogens is 1. The van der Waals surface area contributed by atoms with Crippen molar-refractivity contribution in [2.45, 2.75) is 6.42 Å². The maximum Gasteiger partial charge on any atom is 0.150 e. The van der Waals surface area contributed by atoms with E-state index < -0.39 is 0 Å². The molecular formula is C13H10FNO. The largest absolute Gasteiger partial charge is 0.298 e. The van der Waals surface area contributed by atoms with Crippen LogP contribution in [0.25, 0.3) is 0 Å². The van der Waals surface area contributed by atoms with Crippen molar-refractivity contribution >= 4 is 6.29 Å². The Bertz CT molecular complexity index is 497. The molecule has 0 amide bonds. The third-order valence-electron chi connectivity index (χ3n) is 2.33. The zero-order valence-electron chi connectivity index (χ0n) is 8.56. The molecule has 80 valence electrons. The third-order valence-corrected chi connectivity index (χ3v) is 2.33. The molecule has 0 aliphatic carbocycles. The quantitative estimate of drug-likeness (QED) is 0.737. The molecule has 2 rings (SSSR count). The predicted octanol–water partition coefficient (Wildman–Crippen LogP) is 2.62. The average molecular weight is 215 g/mol. The highest BCUT2D eigenvalue weighted by atomic mass is 19.1. The highest BCUT2D eigenvalue weighted by molar-refractivity contribution is 5.74. The van der Waals surface area contributed by atoms with Crippen LogP contribution in [-0.2, 0) is 6.42 Å². The molecule has 1 aromatic heterocycles. The zero-order chi connectivity index (χ0) is 11.4. The number of carbonyl (C=O) groups is 1. The molecule has 0 fully saturated rings. The van der Waals surface area contributed by atoms with Crippen molar-refractivity contribution in [1.82, 2.24) is 4.98 Å². The van der Waals surface area contributed by atoms with Crippen molar-refractivity contribution in [3.63, 3.8) is 0 Å². The topological polar surface area (TPSA) is 30.0 Å². The molecule has 1 heterocycles. The van der Waals surface area contributed by atoms with Crippen molar-refractivity contribution in [3.05, 3.63) is 65.2 Å². The summed E-state index contributed by atoms with van der Waals surface area (Å²) in [5.74, 6) is -0.353. The summed E-state index contributed by atoms with van der Waals surface area (Å²) in [7, 11) is 0. The van der Waals surface area contributed by atoms with Gasteiger partial charge < -0.3 is 0 Å². The molecule has 0 unspecified atom stereocenters. The summed E-state index contributed by atoms with van der Waals surface area (Å²) in [6.45, 7) is 0. The number of nitrogens with zero attached hydrogens (tertiary/aromatic N) is 1. The standard InChI is InChI=1S/C13H10FNO/c14-13-7-11(9-16)3-4-12(13)6-10-2-1-5-15-8-10/h1-5,7-9H,6H2. The number of carbonyl (C=O) groups excluding carboxylic acids is 1. The van der Waals surface area contributed by atoms with E-state index in [4.69, 9.17) is 0 Å². The van der Waals surface area contributed by atoms with E-state index in [2.05, 4.69) is 4.98 Å². The summed E-state index contributed by atoms with van der Waals surface area (Å²) >= 11 is 0. The summed E-state index contributed by atoms with van der Waals surface area (Å²) in [5.41, 5.74) is 1.87. The van der Waals surface area contributed by atoms with Crippen LogP contribution in [-0.4, -0.2) is 11.3 Å². The van der Waals surface area contributed by atoms with Crippen LogP contribution in [0.4, 0.5) is 4.39 Å². The number of hydrogen-bond donors (Lipinski definition) is 0. The third kappa shape index (κ3) is 2.31. The Balaban J connectivity index is 2.25. The fraction of sp³-hybridized carbons (Fsp3) is 0.0769. The molecule has 0 radical (unpaired) electrons. The molecule has 0 aliphatic rings. The van der Waals surface area contributed by atoms with E-state index in [1.165, 1.54) is 6.07 Å². The van der Waals surface area contributed by atoms with E-state index in [-0.39, 0.29) is 5.82 Å². The molecule has 0 saturated carbocycles. The smallest absolute Gasteiger partial charge is 0.150 e. The Morgan fingerprint density at radius 2 is 2.19 bits per heavy atom. The van der Waals surface area contributed by atoms with Gasteiger partial charge in [-0.3, -0.25) is 9.78 Å². The Morgan fingerprint density at radius 3 is 2.81 bits per heavy atom. The van der Waals surface area contributed by atoms with Gasteiger partial charge in [0.1, 0.15) is 12.1 Å². The van der Waals surface area contributed by atoms with Crippen LogP contribution in [0.3, 0.4) is 0 Å². The van der Waals surface area contributed by atoms with Crippen molar-refractivity contribution in [3.8, 4) is 0 Å². The lowest BCUT2D eigenvalue weighted by Gasteiger charge is -2.03. The number of aromatic nitrogens is 1. The van der Waals surface area contributed by atoms with E-state index in [0.717, 1.165) is 5.56 Å². The molecule has 0 spiro atoms. The van der Waals surface area contributed by atoms with Gasteiger partial charge in [0.25, 0.3) is 0 Å². The normalized spacial score (nSPS) is 10.1. The van der Waals surface area contributed by atoms with Gasteiger partial charge >= 0.3 is 0 Å². The Hall–Kier alpha value is -2.03. The Morgan fingerprint density at radius 1 is 1.31 bits per heavy atom. The average Bonchev–Trinajstić information content (AvgIpc) is 2.33. The van der Waals surface area contributed by atoms with Gasteiger partial charge in [0.2, 0.25) is 0 Å². The first-order valence-electron chi connectivity index (χ1n) is 4.92. The summed E-state index contributed by atoms with van der Waals surface area (Å²) < 4.78 is 13.5.